The predicted octanol–water partition coefficient (Wildman–Crippen LogP) is 2.89. The lowest BCUT2D eigenvalue weighted by molar-refractivity contribution is 0.0970. The fourth-order valence-corrected chi connectivity index (χ4v) is 2.82. The average molecular weight is 280 g/mol. The summed E-state index contributed by atoms with van der Waals surface area (Å²) >= 11 is 6.02. The number of nitrogens with zero attached hydrogens (tertiary/aromatic N) is 2. The Labute approximate surface area is 117 Å². The van der Waals surface area contributed by atoms with Crippen molar-refractivity contribution in [2.75, 3.05) is 6.61 Å². The molecular weight excluding hydrogens is 262 g/mol. The molecule has 5 heteroatoms. The van der Waals surface area contributed by atoms with E-state index in [2.05, 4.69) is 9.55 Å². The molecule has 0 amide bonds. The predicted molar refractivity (Wildman–Crippen MR) is 76.3 cm³/mol. The molecule has 2 N–H and O–H groups in total. The van der Waals surface area contributed by atoms with E-state index in [0.29, 0.717) is 5.02 Å². The maximum absolute atomic E-state index is 6.03. The van der Waals surface area contributed by atoms with Gasteiger partial charge in [-0.1, -0.05) is 11.6 Å². The van der Waals surface area contributed by atoms with Gasteiger partial charge in [-0.25, -0.2) is 4.98 Å². The van der Waals surface area contributed by atoms with Gasteiger partial charge in [-0.15, -0.1) is 0 Å². The first-order valence-corrected chi connectivity index (χ1v) is 7.06. The first-order chi connectivity index (χ1) is 9.15. The molecular formula is C14H18ClN3O. The number of hydrogen-bond donors (Lipinski definition) is 1. The molecule has 1 aromatic heterocycles. The third-order valence-corrected chi connectivity index (χ3v) is 3.79. The highest BCUT2D eigenvalue weighted by molar-refractivity contribution is 6.31. The number of rotatable bonds is 3. The van der Waals surface area contributed by atoms with E-state index in [1.807, 2.05) is 25.1 Å². The van der Waals surface area contributed by atoms with Gasteiger partial charge in [-0.2, -0.15) is 0 Å². The molecule has 2 heterocycles. The van der Waals surface area contributed by atoms with Gasteiger partial charge in [-0.05, 0) is 38.0 Å². The number of aromatic nitrogens is 2. The lowest BCUT2D eigenvalue weighted by atomic mass is 10.2. The van der Waals surface area contributed by atoms with E-state index in [1.165, 1.54) is 0 Å². The highest BCUT2D eigenvalue weighted by Gasteiger charge is 2.21. The molecule has 0 bridgehead atoms. The van der Waals surface area contributed by atoms with Crippen LogP contribution >= 0.6 is 11.6 Å². The Bertz CT molecular complexity index is 588. The zero-order valence-corrected chi connectivity index (χ0v) is 11.7. The molecule has 2 unspecified atom stereocenters. The molecule has 0 radical (unpaired) electrons. The van der Waals surface area contributed by atoms with E-state index in [1.54, 1.807) is 0 Å². The van der Waals surface area contributed by atoms with Gasteiger partial charge < -0.3 is 15.0 Å². The normalized spacial score (nSPS) is 21.1. The number of imidazole rings is 1. The zero-order chi connectivity index (χ0) is 13.4. The second-order valence-corrected chi connectivity index (χ2v) is 5.57. The molecule has 1 saturated heterocycles. The molecule has 2 atom stereocenters. The van der Waals surface area contributed by atoms with Crippen molar-refractivity contribution >= 4 is 22.6 Å². The third kappa shape index (κ3) is 2.48. The Morgan fingerprint density at radius 2 is 2.42 bits per heavy atom. The van der Waals surface area contributed by atoms with Crippen molar-refractivity contribution in [1.29, 1.82) is 0 Å². The minimum absolute atomic E-state index is 0.104. The highest BCUT2D eigenvalue weighted by atomic mass is 35.5. The van der Waals surface area contributed by atoms with Gasteiger partial charge in [0.05, 0.1) is 29.7 Å². The van der Waals surface area contributed by atoms with Gasteiger partial charge >= 0.3 is 0 Å². The largest absolute Gasteiger partial charge is 0.376 e. The van der Waals surface area contributed by atoms with E-state index in [4.69, 9.17) is 22.1 Å². The third-order valence-electron chi connectivity index (χ3n) is 3.56. The summed E-state index contributed by atoms with van der Waals surface area (Å²) in [6.07, 6.45) is 2.51. The van der Waals surface area contributed by atoms with Crippen molar-refractivity contribution in [3.8, 4) is 0 Å². The number of benzene rings is 1. The number of nitrogens with two attached hydrogens (primary N) is 1. The monoisotopic (exact) mass is 279 g/mol. The number of halogens is 1. The van der Waals surface area contributed by atoms with Crippen LogP contribution in [0.4, 0.5) is 0 Å². The van der Waals surface area contributed by atoms with Crippen LogP contribution in [0.25, 0.3) is 11.0 Å². The van der Waals surface area contributed by atoms with Gasteiger partial charge in [0.15, 0.2) is 0 Å². The average Bonchev–Trinajstić information content (AvgIpc) is 2.97. The van der Waals surface area contributed by atoms with Gasteiger partial charge in [0.25, 0.3) is 0 Å². The Morgan fingerprint density at radius 1 is 1.58 bits per heavy atom. The van der Waals surface area contributed by atoms with Crippen molar-refractivity contribution in [3.05, 3.63) is 29.0 Å². The highest BCUT2D eigenvalue weighted by Crippen LogP contribution is 2.25. The molecule has 0 spiro atoms. The van der Waals surface area contributed by atoms with Gasteiger partial charge in [0, 0.05) is 11.6 Å². The molecule has 102 valence electrons. The van der Waals surface area contributed by atoms with E-state index < -0.39 is 0 Å². The molecule has 0 saturated carbocycles. The van der Waals surface area contributed by atoms with Crippen LogP contribution in [0.15, 0.2) is 18.2 Å². The smallest absolute Gasteiger partial charge is 0.126 e. The van der Waals surface area contributed by atoms with E-state index in [-0.39, 0.29) is 12.1 Å². The van der Waals surface area contributed by atoms with E-state index in [9.17, 15) is 0 Å². The summed E-state index contributed by atoms with van der Waals surface area (Å²) in [7, 11) is 0. The molecule has 1 fully saturated rings. The summed E-state index contributed by atoms with van der Waals surface area (Å²) in [6, 6.07) is 5.68. The Morgan fingerprint density at radius 3 is 3.11 bits per heavy atom. The summed E-state index contributed by atoms with van der Waals surface area (Å²) in [4.78, 5) is 4.61. The van der Waals surface area contributed by atoms with Crippen LogP contribution in [-0.2, 0) is 11.3 Å². The summed E-state index contributed by atoms with van der Waals surface area (Å²) in [5, 5.41) is 0.700. The molecule has 2 aromatic rings. The molecule has 3 rings (SSSR count). The Hall–Kier alpha value is -1.10. The minimum atomic E-state index is -0.104. The standard InChI is InChI=1S/C14H18ClN3O/c1-9(16)14-17-12-7-10(15)4-5-13(12)18(14)8-11-3-2-6-19-11/h4-5,7,9,11H,2-3,6,8,16H2,1H3. The summed E-state index contributed by atoms with van der Waals surface area (Å²) < 4.78 is 7.89. The fraction of sp³-hybridized carbons (Fsp3) is 0.500. The van der Waals surface area contributed by atoms with Crippen LogP contribution in [0, 0.1) is 0 Å². The first-order valence-electron chi connectivity index (χ1n) is 6.68. The van der Waals surface area contributed by atoms with Crippen molar-refractivity contribution in [2.24, 2.45) is 5.73 Å². The van der Waals surface area contributed by atoms with Crippen molar-refractivity contribution in [3.63, 3.8) is 0 Å². The summed E-state index contributed by atoms with van der Waals surface area (Å²) in [5.41, 5.74) is 8.01. The van der Waals surface area contributed by atoms with E-state index in [0.717, 1.165) is 42.9 Å². The molecule has 0 aliphatic carbocycles. The zero-order valence-electron chi connectivity index (χ0n) is 11.0. The number of hydrogen-bond acceptors (Lipinski definition) is 3. The lowest BCUT2D eigenvalue weighted by Crippen LogP contribution is -2.20. The van der Waals surface area contributed by atoms with Crippen LogP contribution < -0.4 is 5.73 Å². The van der Waals surface area contributed by atoms with Crippen LogP contribution in [0.2, 0.25) is 5.02 Å². The van der Waals surface area contributed by atoms with Crippen LogP contribution in [0.5, 0.6) is 0 Å². The maximum Gasteiger partial charge on any atom is 0.126 e. The van der Waals surface area contributed by atoms with Crippen LogP contribution in [0.1, 0.15) is 31.6 Å². The fourth-order valence-electron chi connectivity index (χ4n) is 2.65. The second kappa shape index (κ2) is 5.12. The first kappa shape index (κ1) is 12.9. The van der Waals surface area contributed by atoms with Gasteiger partial charge in [0.2, 0.25) is 0 Å². The second-order valence-electron chi connectivity index (χ2n) is 5.14. The van der Waals surface area contributed by atoms with Crippen molar-refractivity contribution in [2.45, 2.75) is 38.5 Å². The molecule has 1 aliphatic heterocycles. The quantitative estimate of drug-likeness (QED) is 0.940. The Balaban J connectivity index is 2.05. The Kier molecular flexibility index (Phi) is 3.48. The number of fused-ring (bicyclic) bond motifs is 1. The van der Waals surface area contributed by atoms with Crippen LogP contribution in [0.3, 0.4) is 0 Å². The van der Waals surface area contributed by atoms with Crippen molar-refractivity contribution in [1.82, 2.24) is 9.55 Å². The molecule has 1 aromatic carbocycles. The minimum Gasteiger partial charge on any atom is -0.376 e. The van der Waals surface area contributed by atoms with E-state index >= 15 is 0 Å². The number of ether oxygens (including phenoxy) is 1. The summed E-state index contributed by atoms with van der Waals surface area (Å²) in [6.45, 7) is 3.63. The van der Waals surface area contributed by atoms with Gasteiger partial charge in [0.1, 0.15) is 5.82 Å². The molecule has 19 heavy (non-hydrogen) atoms. The lowest BCUT2D eigenvalue weighted by Gasteiger charge is -2.15. The van der Waals surface area contributed by atoms with Crippen molar-refractivity contribution < 1.29 is 4.74 Å². The molecule has 4 nitrogen and oxygen atoms in total. The van der Waals surface area contributed by atoms with Crippen LogP contribution in [-0.4, -0.2) is 22.3 Å². The maximum atomic E-state index is 6.03. The SMILES string of the molecule is CC(N)c1nc2cc(Cl)ccc2n1CC1CCCO1. The summed E-state index contributed by atoms with van der Waals surface area (Å²) in [5.74, 6) is 0.896. The van der Waals surface area contributed by atoms with Gasteiger partial charge in [-0.3, -0.25) is 0 Å². The molecule has 1 aliphatic rings. The topological polar surface area (TPSA) is 53.1 Å².